The van der Waals surface area contributed by atoms with Crippen molar-refractivity contribution in [1.82, 2.24) is 5.32 Å². The fourth-order valence-electron chi connectivity index (χ4n) is 2.27. The lowest BCUT2D eigenvalue weighted by molar-refractivity contribution is -0.145. The van der Waals surface area contributed by atoms with E-state index in [1.807, 2.05) is 30.3 Å². The number of rotatable bonds is 6. The highest BCUT2D eigenvalue weighted by atomic mass is 19.2. The molecule has 0 radical (unpaired) electrons. The number of nitrogens with one attached hydrogen (secondary N) is 1. The minimum atomic E-state index is -1.02. The van der Waals surface area contributed by atoms with Crippen LogP contribution in [0.25, 0.3) is 0 Å². The smallest absolute Gasteiger partial charge is 0.328 e. The summed E-state index contributed by atoms with van der Waals surface area (Å²) in [5, 5.41) is 2.57. The van der Waals surface area contributed by atoms with Crippen LogP contribution in [0, 0.1) is 11.6 Å². The van der Waals surface area contributed by atoms with Gasteiger partial charge in [-0.15, -0.1) is 0 Å². The van der Waals surface area contributed by atoms with E-state index in [2.05, 4.69) is 5.32 Å². The third-order valence-corrected chi connectivity index (χ3v) is 3.45. The van der Waals surface area contributed by atoms with Gasteiger partial charge in [-0.1, -0.05) is 36.4 Å². The highest BCUT2D eigenvalue weighted by Gasteiger charge is 2.22. The lowest BCUT2D eigenvalue weighted by atomic mass is 10.1. The van der Waals surface area contributed by atoms with Gasteiger partial charge in [0, 0.05) is 6.42 Å². The third-order valence-electron chi connectivity index (χ3n) is 3.45. The fraction of sp³-hybridized carbons (Fsp3) is 0.222. The molecule has 1 N–H and O–H groups in total. The summed E-state index contributed by atoms with van der Waals surface area (Å²) in [7, 11) is 1.24. The third kappa shape index (κ3) is 4.87. The van der Waals surface area contributed by atoms with Gasteiger partial charge in [0.05, 0.1) is 13.5 Å². The number of ether oxygens (including phenoxy) is 1. The van der Waals surface area contributed by atoms with Crippen molar-refractivity contribution in [2.24, 2.45) is 0 Å². The monoisotopic (exact) mass is 333 g/mol. The van der Waals surface area contributed by atoms with E-state index in [4.69, 9.17) is 4.74 Å². The van der Waals surface area contributed by atoms with Crippen molar-refractivity contribution < 1.29 is 23.1 Å². The van der Waals surface area contributed by atoms with Crippen molar-refractivity contribution in [2.45, 2.75) is 18.9 Å². The van der Waals surface area contributed by atoms with E-state index in [0.717, 1.165) is 17.7 Å². The van der Waals surface area contributed by atoms with Crippen LogP contribution in [0.1, 0.15) is 11.1 Å². The molecule has 0 fully saturated rings. The first-order chi connectivity index (χ1) is 11.5. The molecule has 126 valence electrons. The molecule has 0 aliphatic heterocycles. The summed E-state index contributed by atoms with van der Waals surface area (Å²) in [6, 6.07) is 11.5. The van der Waals surface area contributed by atoms with Gasteiger partial charge in [0.2, 0.25) is 5.91 Å². The molecular weight excluding hydrogens is 316 g/mol. The van der Waals surface area contributed by atoms with Crippen LogP contribution in [0.15, 0.2) is 48.5 Å². The SMILES string of the molecule is COC(=O)[C@@H](Cc1ccccc1)NC(=O)Cc1ccc(F)c(F)c1. The van der Waals surface area contributed by atoms with E-state index in [0.29, 0.717) is 5.56 Å². The molecule has 0 bridgehead atoms. The normalized spacial score (nSPS) is 11.6. The Labute approximate surface area is 138 Å². The maximum atomic E-state index is 13.2. The molecule has 0 aliphatic carbocycles. The molecule has 2 aromatic rings. The maximum absolute atomic E-state index is 13.2. The molecule has 0 aliphatic rings. The van der Waals surface area contributed by atoms with Gasteiger partial charge in [0.1, 0.15) is 6.04 Å². The number of methoxy groups -OCH3 is 1. The number of amides is 1. The second-order valence-electron chi connectivity index (χ2n) is 5.26. The predicted molar refractivity (Wildman–Crippen MR) is 84.2 cm³/mol. The molecule has 0 heterocycles. The maximum Gasteiger partial charge on any atom is 0.328 e. The Morgan fingerprint density at radius 1 is 1.04 bits per heavy atom. The molecule has 1 atom stereocenters. The lowest BCUT2D eigenvalue weighted by Gasteiger charge is -2.16. The van der Waals surface area contributed by atoms with Crippen LogP contribution in [0.5, 0.6) is 0 Å². The van der Waals surface area contributed by atoms with Crippen molar-refractivity contribution in [1.29, 1.82) is 0 Å². The number of esters is 1. The number of carbonyl (C=O) groups excluding carboxylic acids is 2. The fourth-order valence-corrected chi connectivity index (χ4v) is 2.27. The second kappa shape index (κ2) is 8.19. The van der Waals surface area contributed by atoms with Crippen molar-refractivity contribution >= 4 is 11.9 Å². The summed E-state index contributed by atoms with van der Waals surface area (Å²) in [6.45, 7) is 0. The van der Waals surface area contributed by atoms with Gasteiger partial charge in [-0.3, -0.25) is 4.79 Å². The molecular formula is C18H17F2NO3. The Balaban J connectivity index is 2.03. The van der Waals surface area contributed by atoms with E-state index in [-0.39, 0.29) is 12.8 Å². The summed E-state index contributed by atoms with van der Waals surface area (Å²) >= 11 is 0. The Morgan fingerprint density at radius 2 is 1.75 bits per heavy atom. The molecule has 0 saturated carbocycles. The van der Waals surface area contributed by atoms with Gasteiger partial charge in [-0.05, 0) is 23.3 Å². The van der Waals surface area contributed by atoms with Crippen LogP contribution in [-0.2, 0) is 27.2 Å². The highest BCUT2D eigenvalue weighted by molar-refractivity contribution is 5.85. The first-order valence-corrected chi connectivity index (χ1v) is 7.34. The molecule has 2 rings (SSSR count). The van der Waals surface area contributed by atoms with Crippen molar-refractivity contribution in [3.05, 3.63) is 71.3 Å². The molecule has 24 heavy (non-hydrogen) atoms. The van der Waals surface area contributed by atoms with E-state index >= 15 is 0 Å². The van der Waals surface area contributed by atoms with E-state index in [9.17, 15) is 18.4 Å². The molecule has 0 spiro atoms. The second-order valence-corrected chi connectivity index (χ2v) is 5.26. The number of benzene rings is 2. The van der Waals surface area contributed by atoms with Gasteiger partial charge >= 0.3 is 5.97 Å². The predicted octanol–water partition coefficient (Wildman–Crippen LogP) is 2.41. The number of hydrogen-bond donors (Lipinski definition) is 1. The Hall–Kier alpha value is -2.76. The first kappa shape index (κ1) is 17.6. The van der Waals surface area contributed by atoms with Crippen LogP contribution in [0.2, 0.25) is 0 Å². The van der Waals surface area contributed by atoms with Crippen LogP contribution >= 0.6 is 0 Å². The number of halogens is 2. The highest BCUT2D eigenvalue weighted by Crippen LogP contribution is 2.10. The quantitative estimate of drug-likeness (QED) is 0.826. The minimum absolute atomic E-state index is 0.167. The molecule has 0 unspecified atom stereocenters. The zero-order valence-corrected chi connectivity index (χ0v) is 13.1. The number of hydrogen-bond acceptors (Lipinski definition) is 3. The zero-order chi connectivity index (χ0) is 17.5. The molecule has 2 aromatic carbocycles. The van der Waals surface area contributed by atoms with Crippen LogP contribution < -0.4 is 5.32 Å². The zero-order valence-electron chi connectivity index (χ0n) is 13.1. The van der Waals surface area contributed by atoms with Gasteiger partial charge in [-0.25, -0.2) is 13.6 Å². The average molecular weight is 333 g/mol. The minimum Gasteiger partial charge on any atom is -0.467 e. The van der Waals surface area contributed by atoms with Crippen molar-refractivity contribution in [3.63, 3.8) is 0 Å². The summed E-state index contributed by atoms with van der Waals surface area (Å²) in [4.78, 5) is 24.0. The van der Waals surface area contributed by atoms with E-state index in [1.165, 1.54) is 13.2 Å². The van der Waals surface area contributed by atoms with Crippen LogP contribution in [0.4, 0.5) is 8.78 Å². The van der Waals surface area contributed by atoms with Gasteiger partial charge in [-0.2, -0.15) is 0 Å². The van der Waals surface area contributed by atoms with Crippen molar-refractivity contribution in [2.75, 3.05) is 7.11 Å². The topological polar surface area (TPSA) is 55.4 Å². The Morgan fingerprint density at radius 3 is 2.38 bits per heavy atom. The number of carbonyl (C=O) groups is 2. The summed E-state index contributed by atoms with van der Waals surface area (Å²) in [6.07, 6.45) is 0.108. The molecule has 0 saturated heterocycles. The van der Waals surface area contributed by atoms with Gasteiger partial charge in [0.15, 0.2) is 11.6 Å². The molecule has 0 aromatic heterocycles. The Bertz CT molecular complexity index is 719. The van der Waals surface area contributed by atoms with E-state index < -0.39 is 29.6 Å². The first-order valence-electron chi connectivity index (χ1n) is 7.34. The summed E-state index contributed by atoms with van der Waals surface area (Å²) in [5.41, 5.74) is 1.18. The lowest BCUT2D eigenvalue weighted by Crippen LogP contribution is -2.43. The Kier molecular flexibility index (Phi) is 6.01. The summed E-state index contributed by atoms with van der Waals surface area (Å²) < 4.78 is 30.8. The summed E-state index contributed by atoms with van der Waals surface area (Å²) in [5.74, 6) is -3.05. The largest absolute Gasteiger partial charge is 0.467 e. The van der Waals surface area contributed by atoms with Crippen LogP contribution in [-0.4, -0.2) is 25.0 Å². The van der Waals surface area contributed by atoms with Gasteiger partial charge < -0.3 is 10.1 Å². The van der Waals surface area contributed by atoms with E-state index in [1.54, 1.807) is 0 Å². The standard InChI is InChI=1S/C18H17F2NO3/c1-24-18(23)16(10-12-5-3-2-4-6-12)21-17(22)11-13-7-8-14(19)15(20)9-13/h2-9,16H,10-11H2,1H3,(H,21,22)/t16-/m1/s1. The average Bonchev–Trinajstić information content (AvgIpc) is 2.58. The molecule has 4 nitrogen and oxygen atoms in total. The van der Waals surface area contributed by atoms with Crippen LogP contribution in [0.3, 0.4) is 0 Å². The van der Waals surface area contributed by atoms with Gasteiger partial charge in [0.25, 0.3) is 0 Å². The molecule has 6 heteroatoms. The molecule has 1 amide bonds. The van der Waals surface area contributed by atoms with Crippen molar-refractivity contribution in [3.8, 4) is 0 Å².